The Hall–Kier alpha value is -2.62. The molecule has 1 fully saturated rings. The Kier molecular flexibility index (Phi) is 2.43. The number of carbonyl (C=O) groups is 1. The Morgan fingerprint density at radius 1 is 1.67 bits per heavy atom. The van der Waals surface area contributed by atoms with E-state index in [1.54, 1.807) is 6.92 Å². The monoisotopic (exact) mass is 334 g/mol. The van der Waals surface area contributed by atoms with Crippen LogP contribution < -0.4 is 4.90 Å². The van der Waals surface area contributed by atoms with Crippen LogP contribution >= 0.6 is 0 Å². The van der Waals surface area contributed by atoms with E-state index in [4.69, 9.17) is 17.5 Å². The molecule has 0 unspecified atom stereocenters. The summed E-state index contributed by atoms with van der Waals surface area (Å²) in [7, 11) is 0. The summed E-state index contributed by atoms with van der Waals surface area (Å²) in [6.45, 7) is 2.49. The lowest BCUT2D eigenvalue weighted by Gasteiger charge is -2.41. The number of aromatic amines is 1. The number of nitrogens with one attached hydrogen (secondary N) is 1. The molecule has 7 nitrogen and oxygen atoms in total. The van der Waals surface area contributed by atoms with Crippen LogP contribution in [0.1, 0.15) is 29.9 Å². The van der Waals surface area contributed by atoms with Crippen LogP contribution in [0.2, 0.25) is 0 Å². The molecule has 0 aliphatic carbocycles. The number of H-pyrrole nitrogens is 1. The maximum absolute atomic E-state index is 12.4. The highest BCUT2D eigenvalue weighted by Crippen LogP contribution is 2.29. The van der Waals surface area contributed by atoms with Gasteiger partial charge in [-0.15, -0.1) is 0 Å². The molecule has 0 aromatic carbocycles. The Labute approximate surface area is 152 Å². The van der Waals surface area contributed by atoms with Gasteiger partial charge >= 0.3 is 5.91 Å². The van der Waals surface area contributed by atoms with E-state index >= 15 is 0 Å². The molecule has 1 aliphatic heterocycles. The third kappa shape index (κ3) is 2.92. The van der Waals surface area contributed by atoms with Crippen molar-refractivity contribution in [2.24, 2.45) is 5.92 Å². The summed E-state index contributed by atoms with van der Waals surface area (Å²) in [6.07, 6.45) is -0.496. The number of likely N-dealkylation sites (tertiary alicyclic amines) is 1. The minimum absolute atomic E-state index is 0.000653. The van der Waals surface area contributed by atoms with Crippen molar-refractivity contribution in [2.45, 2.75) is 26.2 Å². The number of amides is 1. The van der Waals surface area contributed by atoms with Gasteiger partial charge in [0.05, 0.1) is 12.8 Å². The number of likely N-dealkylation sites (N-methyl/N-ethyl adjacent to an activating group) is 1. The van der Waals surface area contributed by atoms with Crippen molar-refractivity contribution in [3.8, 4) is 0 Å². The standard InChI is InChI=1S/C17H22N6O/c1-11-5-6-23(15(24)8-18-3)9-14(11)22(4)17-13-7-12(2)21-16(13)19-10-20-17/h7,10-11,14H,5-6,8-9H2,1-2,4H3,(H,19,20,21)/t11-,14+/m1/s1/i1D3,4D3,7D,10D. The fourth-order valence-electron chi connectivity index (χ4n) is 2.86. The molecule has 1 saturated heterocycles. The molecule has 0 bridgehead atoms. The van der Waals surface area contributed by atoms with E-state index in [0.29, 0.717) is 5.69 Å². The van der Waals surface area contributed by atoms with Gasteiger partial charge in [-0.3, -0.25) is 4.79 Å². The number of piperidine rings is 1. The summed E-state index contributed by atoms with van der Waals surface area (Å²) in [6, 6.07) is -1.28. The van der Waals surface area contributed by atoms with Crippen LogP contribution in [0.5, 0.6) is 0 Å². The Balaban J connectivity index is 2.22. The van der Waals surface area contributed by atoms with Crippen molar-refractivity contribution in [3.63, 3.8) is 0 Å². The molecule has 126 valence electrons. The summed E-state index contributed by atoms with van der Waals surface area (Å²) in [4.78, 5) is 28.3. The quantitative estimate of drug-likeness (QED) is 0.870. The zero-order chi connectivity index (χ0) is 24.0. The second-order valence-electron chi connectivity index (χ2n) is 5.73. The van der Waals surface area contributed by atoms with Gasteiger partial charge in [-0.05, 0) is 25.3 Å². The molecule has 0 saturated carbocycles. The molecule has 24 heavy (non-hydrogen) atoms. The molecule has 0 radical (unpaired) electrons. The fourth-order valence-corrected chi connectivity index (χ4v) is 2.86. The van der Waals surface area contributed by atoms with Gasteiger partial charge in [0, 0.05) is 34.0 Å². The van der Waals surface area contributed by atoms with Gasteiger partial charge in [-0.2, -0.15) is 0 Å². The van der Waals surface area contributed by atoms with Gasteiger partial charge in [0.15, 0.2) is 0 Å². The lowest BCUT2D eigenvalue weighted by atomic mass is 9.92. The van der Waals surface area contributed by atoms with Crippen molar-refractivity contribution in [3.05, 3.63) is 29.5 Å². The van der Waals surface area contributed by atoms with Crippen LogP contribution in [-0.4, -0.2) is 58.4 Å². The Bertz CT molecular complexity index is 1070. The first-order chi connectivity index (χ1) is 14.8. The highest BCUT2D eigenvalue weighted by atomic mass is 16.2. The summed E-state index contributed by atoms with van der Waals surface area (Å²) in [5.41, 5.74) is 0.482. The maximum Gasteiger partial charge on any atom is 0.302 e. The van der Waals surface area contributed by atoms with Gasteiger partial charge in [-0.1, -0.05) is 6.85 Å². The van der Waals surface area contributed by atoms with Crippen molar-refractivity contribution in [1.82, 2.24) is 19.9 Å². The lowest BCUT2D eigenvalue weighted by molar-refractivity contribution is -0.130. The highest BCUT2D eigenvalue weighted by molar-refractivity contribution is 5.88. The van der Waals surface area contributed by atoms with Crippen LogP contribution in [0, 0.1) is 19.4 Å². The van der Waals surface area contributed by atoms with E-state index in [2.05, 4.69) is 19.8 Å². The minimum atomic E-state index is -2.90. The number of rotatable bonds is 3. The SMILES string of the molecule is [2H]c1nc(N([C@H]2CN(C(=O)C[N+]#[C-])CC[C@H]2C([2H])([2H])[2H])C([2H])([2H])[2H])c2c([2H])c(C)[nH]c2n1. The van der Waals surface area contributed by atoms with Crippen molar-refractivity contribution >= 4 is 22.8 Å². The third-order valence-corrected chi connectivity index (χ3v) is 4.11. The van der Waals surface area contributed by atoms with Gasteiger partial charge < -0.3 is 19.6 Å². The molecule has 0 spiro atoms. The van der Waals surface area contributed by atoms with Crippen LogP contribution in [-0.2, 0) is 4.79 Å². The van der Waals surface area contributed by atoms with Crippen LogP contribution in [0.4, 0.5) is 5.82 Å². The van der Waals surface area contributed by atoms with Crippen molar-refractivity contribution in [2.75, 3.05) is 31.5 Å². The average Bonchev–Trinajstić information content (AvgIpc) is 2.93. The van der Waals surface area contributed by atoms with Crippen LogP contribution in [0.3, 0.4) is 0 Å². The highest BCUT2D eigenvalue weighted by Gasteiger charge is 2.33. The summed E-state index contributed by atoms with van der Waals surface area (Å²) in [5, 5.41) is 0.0588. The Morgan fingerprint density at radius 3 is 3.29 bits per heavy atom. The number of aromatic nitrogens is 3. The van der Waals surface area contributed by atoms with Gasteiger partial charge in [-0.25, -0.2) is 16.5 Å². The molecule has 7 heteroatoms. The van der Waals surface area contributed by atoms with Crippen LogP contribution in [0.25, 0.3) is 15.9 Å². The number of hydrogen-bond donors (Lipinski definition) is 1. The molecule has 3 rings (SSSR count). The first-order valence-electron chi connectivity index (χ1n) is 11.5. The molecule has 2 aromatic heterocycles. The fraction of sp³-hybridized carbons (Fsp3) is 0.529. The van der Waals surface area contributed by atoms with E-state index in [1.807, 2.05) is 0 Å². The van der Waals surface area contributed by atoms with Gasteiger partial charge in [0.2, 0.25) is 0 Å². The van der Waals surface area contributed by atoms with E-state index in [0.717, 1.165) is 4.90 Å². The molecule has 1 aliphatic rings. The lowest BCUT2D eigenvalue weighted by Crippen LogP contribution is -2.53. The van der Waals surface area contributed by atoms with E-state index in [1.165, 1.54) is 4.90 Å². The number of fused-ring (bicyclic) bond motifs is 1. The van der Waals surface area contributed by atoms with Gasteiger partial charge in [0.25, 0.3) is 6.54 Å². The number of hydrogen-bond acceptors (Lipinski definition) is 4. The number of anilines is 1. The Morgan fingerprint density at radius 2 is 2.54 bits per heavy atom. The smallest absolute Gasteiger partial charge is 0.302 e. The van der Waals surface area contributed by atoms with Gasteiger partial charge in [0.1, 0.15) is 19.1 Å². The second kappa shape index (κ2) is 6.48. The average molecular weight is 334 g/mol. The maximum atomic E-state index is 12.4. The predicted molar refractivity (Wildman–Crippen MR) is 92.6 cm³/mol. The molecule has 2 atom stereocenters. The van der Waals surface area contributed by atoms with Crippen molar-refractivity contribution in [1.29, 1.82) is 0 Å². The molecule has 1 N–H and O–H groups in total. The number of nitrogens with zero attached hydrogens (tertiary/aromatic N) is 5. The summed E-state index contributed by atoms with van der Waals surface area (Å²) < 4.78 is 64.7. The molecule has 1 amide bonds. The summed E-state index contributed by atoms with van der Waals surface area (Å²) in [5.74, 6) is -1.89. The largest absolute Gasteiger partial charge is 0.354 e. The van der Waals surface area contributed by atoms with E-state index in [-0.39, 0.29) is 42.4 Å². The van der Waals surface area contributed by atoms with Crippen molar-refractivity contribution < 1.29 is 15.8 Å². The molecular weight excluding hydrogens is 304 g/mol. The summed E-state index contributed by atoms with van der Waals surface area (Å²) >= 11 is 0. The minimum Gasteiger partial charge on any atom is -0.354 e. The molecular formula is C17H22N6O. The van der Waals surface area contributed by atoms with E-state index < -0.39 is 44.5 Å². The van der Waals surface area contributed by atoms with Crippen LogP contribution in [0.15, 0.2) is 12.3 Å². The molecule has 3 heterocycles. The second-order valence-corrected chi connectivity index (χ2v) is 5.73. The first kappa shape index (κ1) is 9.02. The zero-order valence-corrected chi connectivity index (χ0v) is 13.1. The topological polar surface area (TPSA) is 69.5 Å². The third-order valence-electron chi connectivity index (χ3n) is 4.11. The first-order valence-corrected chi connectivity index (χ1v) is 7.49. The number of aryl methyl sites for hydroxylation is 1. The zero-order valence-electron chi connectivity index (χ0n) is 21.1. The normalized spacial score (nSPS) is 26.8. The van der Waals surface area contributed by atoms with E-state index in [9.17, 15) is 4.79 Å². The predicted octanol–water partition coefficient (Wildman–Crippen LogP) is 1.86. The molecule has 2 aromatic rings. The number of carbonyl (C=O) groups excluding carboxylic acids is 1.